The van der Waals surface area contributed by atoms with E-state index >= 15 is 0 Å². The second-order valence-corrected chi connectivity index (χ2v) is 6.09. The number of nitrogens with zero attached hydrogens (tertiary/aromatic N) is 2. The number of nitrogens with one attached hydrogen (secondary N) is 1. The molecule has 0 saturated carbocycles. The summed E-state index contributed by atoms with van der Waals surface area (Å²) in [5, 5.41) is 6.96. The van der Waals surface area contributed by atoms with Gasteiger partial charge in [-0.1, -0.05) is 5.16 Å². The molecule has 126 valence electrons. The van der Waals surface area contributed by atoms with Crippen molar-refractivity contribution in [3.63, 3.8) is 0 Å². The van der Waals surface area contributed by atoms with Gasteiger partial charge in [-0.05, 0) is 38.8 Å². The number of carbonyl (C=O) groups is 1. The Kier molecular flexibility index (Phi) is 3.55. The molecule has 0 spiro atoms. The smallest absolute Gasteiger partial charge is 0.322 e. The second-order valence-electron chi connectivity index (χ2n) is 6.09. The number of fused-ring (bicyclic) bond motifs is 1. The molecule has 1 fully saturated rings. The van der Waals surface area contributed by atoms with Gasteiger partial charge in [-0.15, -0.1) is 0 Å². The number of benzene rings is 1. The lowest BCUT2D eigenvalue weighted by atomic mass is 10.0. The van der Waals surface area contributed by atoms with Crippen LogP contribution in [-0.2, 0) is 0 Å². The van der Waals surface area contributed by atoms with Crippen LogP contribution < -0.4 is 14.8 Å². The summed E-state index contributed by atoms with van der Waals surface area (Å²) in [5.74, 6) is 2.12. The molecule has 1 saturated heterocycles. The Bertz CT molecular complexity index is 767. The molecule has 3 heterocycles. The average molecular weight is 329 g/mol. The van der Waals surface area contributed by atoms with Crippen molar-refractivity contribution in [2.24, 2.45) is 0 Å². The van der Waals surface area contributed by atoms with E-state index in [1.807, 2.05) is 24.8 Å². The van der Waals surface area contributed by atoms with Gasteiger partial charge >= 0.3 is 6.03 Å². The van der Waals surface area contributed by atoms with Crippen molar-refractivity contribution in [1.29, 1.82) is 0 Å². The summed E-state index contributed by atoms with van der Waals surface area (Å²) < 4.78 is 15.9. The van der Waals surface area contributed by atoms with Crippen LogP contribution in [0.25, 0.3) is 0 Å². The van der Waals surface area contributed by atoms with Gasteiger partial charge in [0.1, 0.15) is 5.76 Å². The molecule has 2 aliphatic heterocycles. The first-order chi connectivity index (χ1) is 11.6. The Labute approximate surface area is 139 Å². The van der Waals surface area contributed by atoms with E-state index in [0.717, 1.165) is 29.9 Å². The molecule has 4 rings (SSSR count). The molecule has 2 aromatic rings. The SMILES string of the molecule is Cc1noc(C)c1C1CCCN1C(=O)Nc1ccc2c(c1)OCO2. The Morgan fingerprint density at radius 1 is 1.29 bits per heavy atom. The molecule has 2 amide bonds. The van der Waals surface area contributed by atoms with Crippen LogP contribution in [0.4, 0.5) is 10.5 Å². The number of hydrogen-bond donors (Lipinski definition) is 1. The summed E-state index contributed by atoms with van der Waals surface area (Å²) in [5.41, 5.74) is 2.56. The van der Waals surface area contributed by atoms with Crippen LogP contribution in [0.3, 0.4) is 0 Å². The van der Waals surface area contributed by atoms with E-state index in [0.29, 0.717) is 23.7 Å². The van der Waals surface area contributed by atoms with E-state index in [-0.39, 0.29) is 18.9 Å². The van der Waals surface area contributed by atoms with Crippen LogP contribution >= 0.6 is 0 Å². The van der Waals surface area contributed by atoms with E-state index in [1.54, 1.807) is 12.1 Å². The van der Waals surface area contributed by atoms with Gasteiger partial charge in [0.2, 0.25) is 6.79 Å². The lowest BCUT2D eigenvalue weighted by Crippen LogP contribution is -2.34. The minimum atomic E-state index is -0.128. The summed E-state index contributed by atoms with van der Waals surface area (Å²) in [7, 11) is 0. The lowest BCUT2D eigenvalue weighted by Gasteiger charge is -2.25. The third-order valence-corrected chi connectivity index (χ3v) is 4.56. The number of carbonyl (C=O) groups excluding carboxylic acids is 1. The van der Waals surface area contributed by atoms with Crippen LogP contribution in [0, 0.1) is 13.8 Å². The van der Waals surface area contributed by atoms with E-state index in [1.165, 1.54) is 0 Å². The zero-order valence-corrected chi connectivity index (χ0v) is 13.7. The maximum absolute atomic E-state index is 12.7. The highest BCUT2D eigenvalue weighted by Crippen LogP contribution is 2.37. The molecule has 7 nitrogen and oxygen atoms in total. The molecule has 7 heteroatoms. The Hall–Kier alpha value is -2.70. The molecule has 0 radical (unpaired) electrons. The minimum absolute atomic E-state index is 0.00487. The highest BCUT2D eigenvalue weighted by atomic mass is 16.7. The molecular formula is C17H19N3O4. The van der Waals surface area contributed by atoms with Crippen molar-refractivity contribution in [3.05, 3.63) is 35.2 Å². The third kappa shape index (κ3) is 2.46. The normalized spacial score (nSPS) is 18.9. The highest BCUT2D eigenvalue weighted by Gasteiger charge is 2.34. The van der Waals surface area contributed by atoms with Crippen LogP contribution in [0.15, 0.2) is 22.7 Å². The topological polar surface area (TPSA) is 76.8 Å². The van der Waals surface area contributed by atoms with Gasteiger partial charge < -0.3 is 24.2 Å². The molecule has 0 bridgehead atoms. The minimum Gasteiger partial charge on any atom is -0.454 e. The molecule has 1 atom stereocenters. The first-order valence-corrected chi connectivity index (χ1v) is 8.03. The van der Waals surface area contributed by atoms with Crippen LogP contribution in [-0.4, -0.2) is 29.4 Å². The summed E-state index contributed by atoms with van der Waals surface area (Å²) >= 11 is 0. The van der Waals surface area contributed by atoms with Crippen molar-refractivity contribution >= 4 is 11.7 Å². The number of aryl methyl sites for hydroxylation is 2. The van der Waals surface area contributed by atoms with Crippen LogP contribution in [0.1, 0.15) is 35.9 Å². The zero-order chi connectivity index (χ0) is 16.7. The molecular weight excluding hydrogens is 310 g/mol. The van der Waals surface area contributed by atoms with Crippen LogP contribution in [0.5, 0.6) is 11.5 Å². The maximum atomic E-state index is 12.7. The van der Waals surface area contributed by atoms with Gasteiger partial charge in [-0.3, -0.25) is 0 Å². The van der Waals surface area contributed by atoms with Gasteiger partial charge in [0.05, 0.1) is 11.7 Å². The van der Waals surface area contributed by atoms with E-state index in [2.05, 4.69) is 10.5 Å². The standard InChI is InChI=1S/C17H19N3O4/c1-10-16(11(2)24-19-10)13-4-3-7-20(13)17(21)18-12-5-6-14-15(8-12)23-9-22-14/h5-6,8,13H,3-4,7,9H2,1-2H3,(H,18,21). The number of hydrogen-bond acceptors (Lipinski definition) is 5. The largest absolute Gasteiger partial charge is 0.454 e. The van der Waals surface area contributed by atoms with Crippen LogP contribution in [0.2, 0.25) is 0 Å². The zero-order valence-electron chi connectivity index (χ0n) is 13.7. The Morgan fingerprint density at radius 2 is 2.12 bits per heavy atom. The van der Waals surface area contributed by atoms with Crippen molar-refractivity contribution in [2.45, 2.75) is 32.7 Å². The predicted molar refractivity (Wildman–Crippen MR) is 86.2 cm³/mol. The Morgan fingerprint density at radius 3 is 2.92 bits per heavy atom. The van der Waals surface area contributed by atoms with Crippen molar-refractivity contribution in [1.82, 2.24) is 10.1 Å². The fourth-order valence-corrected chi connectivity index (χ4v) is 3.45. The number of amides is 2. The van der Waals surface area contributed by atoms with Gasteiger partial charge in [-0.25, -0.2) is 4.79 Å². The fraction of sp³-hybridized carbons (Fsp3) is 0.412. The van der Waals surface area contributed by atoms with Gasteiger partial charge in [0, 0.05) is 23.9 Å². The van der Waals surface area contributed by atoms with Crippen molar-refractivity contribution in [2.75, 3.05) is 18.7 Å². The quantitative estimate of drug-likeness (QED) is 0.914. The molecule has 1 aromatic heterocycles. The number of rotatable bonds is 2. The molecule has 1 unspecified atom stereocenters. The summed E-state index contributed by atoms with van der Waals surface area (Å²) in [4.78, 5) is 14.6. The Balaban J connectivity index is 1.53. The first kappa shape index (κ1) is 14.9. The summed E-state index contributed by atoms with van der Waals surface area (Å²) in [6.07, 6.45) is 1.88. The molecule has 2 aliphatic rings. The van der Waals surface area contributed by atoms with Gasteiger partial charge in [0.15, 0.2) is 11.5 Å². The number of aromatic nitrogens is 1. The van der Waals surface area contributed by atoms with Gasteiger partial charge in [0.25, 0.3) is 0 Å². The molecule has 1 aromatic carbocycles. The second kappa shape index (κ2) is 5.74. The van der Waals surface area contributed by atoms with Crippen molar-refractivity contribution < 1.29 is 18.8 Å². The van der Waals surface area contributed by atoms with E-state index < -0.39 is 0 Å². The lowest BCUT2D eigenvalue weighted by molar-refractivity contribution is 0.174. The summed E-state index contributed by atoms with van der Waals surface area (Å²) in [6.45, 7) is 4.73. The van der Waals surface area contributed by atoms with E-state index in [4.69, 9.17) is 14.0 Å². The number of likely N-dealkylation sites (tertiary alicyclic amines) is 1. The van der Waals surface area contributed by atoms with E-state index in [9.17, 15) is 4.79 Å². The molecule has 0 aliphatic carbocycles. The summed E-state index contributed by atoms with van der Waals surface area (Å²) in [6, 6.07) is 5.27. The monoisotopic (exact) mass is 329 g/mol. The highest BCUT2D eigenvalue weighted by molar-refractivity contribution is 5.90. The van der Waals surface area contributed by atoms with Crippen molar-refractivity contribution in [3.8, 4) is 11.5 Å². The molecule has 24 heavy (non-hydrogen) atoms. The van der Waals surface area contributed by atoms with Gasteiger partial charge in [-0.2, -0.15) is 0 Å². The number of ether oxygens (including phenoxy) is 2. The number of anilines is 1. The molecule has 1 N–H and O–H groups in total. The maximum Gasteiger partial charge on any atom is 0.322 e. The number of urea groups is 1. The fourth-order valence-electron chi connectivity index (χ4n) is 3.45. The predicted octanol–water partition coefficient (Wildman–Crippen LogP) is 3.39. The third-order valence-electron chi connectivity index (χ3n) is 4.56. The first-order valence-electron chi connectivity index (χ1n) is 8.03. The average Bonchev–Trinajstić information content (AvgIpc) is 3.27.